The smallest absolute Gasteiger partial charge is 0.269 e. The maximum atomic E-state index is 12.1. The first kappa shape index (κ1) is 13.4. The standard InChI is InChI=1S/C17H16N2O2/c20-17-13-21-18-16(11-14-7-3-1-4-8-14)19(17)12-15-9-5-2-6-10-15/h1-10H,11-13H2. The normalized spacial score (nSPS) is 14.6. The molecular weight excluding hydrogens is 264 g/mol. The Kier molecular flexibility index (Phi) is 3.96. The molecule has 3 rings (SSSR count). The van der Waals surface area contributed by atoms with E-state index in [4.69, 9.17) is 4.84 Å². The van der Waals surface area contributed by atoms with Crippen LogP contribution in [0.25, 0.3) is 0 Å². The van der Waals surface area contributed by atoms with Crippen LogP contribution in [0.1, 0.15) is 11.1 Å². The van der Waals surface area contributed by atoms with Gasteiger partial charge in [0.15, 0.2) is 12.4 Å². The van der Waals surface area contributed by atoms with E-state index >= 15 is 0 Å². The molecule has 2 aromatic carbocycles. The van der Waals surface area contributed by atoms with Gasteiger partial charge in [0.1, 0.15) is 0 Å². The van der Waals surface area contributed by atoms with Crippen molar-refractivity contribution in [2.75, 3.05) is 6.61 Å². The molecule has 1 amide bonds. The van der Waals surface area contributed by atoms with Gasteiger partial charge in [-0.05, 0) is 11.1 Å². The molecule has 0 saturated carbocycles. The molecule has 106 valence electrons. The van der Waals surface area contributed by atoms with Gasteiger partial charge in [-0.3, -0.25) is 9.69 Å². The summed E-state index contributed by atoms with van der Waals surface area (Å²) in [6.07, 6.45) is 0.583. The van der Waals surface area contributed by atoms with Crippen molar-refractivity contribution in [3.8, 4) is 0 Å². The number of benzene rings is 2. The summed E-state index contributed by atoms with van der Waals surface area (Å²) in [5.41, 5.74) is 2.18. The van der Waals surface area contributed by atoms with E-state index in [1.54, 1.807) is 4.90 Å². The van der Waals surface area contributed by atoms with Crippen LogP contribution >= 0.6 is 0 Å². The van der Waals surface area contributed by atoms with Gasteiger partial charge in [0.2, 0.25) is 0 Å². The molecule has 0 aliphatic carbocycles. The number of carbonyl (C=O) groups is 1. The second-order valence-electron chi connectivity index (χ2n) is 4.91. The van der Waals surface area contributed by atoms with E-state index in [1.807, 2.05) is 60.7 Å². The maximum absolute atomic E-state index is 12.1. The van der Waals surface area contributed by atoms with Crippen LogP contribution in [0.15, 0.2) is 65.8 Å². The maximum Gasteiger partial charge on any atom is 0.269 e. The molecule has 4 heteroatoms. The monoisotopic (exact) mass is 280 g/mol. The summed E-state index contributed by atoms with van der Waals surface area (Å²) in [6, 6.07) is 19.9. The van der Waals surface area contributed by atoms with Crippen molar-refractivity contribution in [3.63, 3.8) is 0 Å². The first-order valence-electron chi connectivity index (χ1n) is 6.90. The highest BCUT2D eigenvalue weighted by molar-refractivity contribution is 6.00. The molecule has 0 radical (unpaired) electrons. The minimum absolute atomic E-state index is 0.00508. The van der Waals surface area contributed by atoms with Crippen LogP contribution in [-0.2, 0) is 22.6 Å². The SMILES string of the molecule is O=C1CON=C(Cc2ccccc2)N1Cc1ccccc1. The second-order valence-corrected chi connectivity index (χ2v) is 4.91. The highest BCUT2D eigenvalue weighted by Gasteiger charge is 2.25. The lowest BCUT2D eigenvalue weighted by Gasteiger charge is -2.26. The molecule has 0 unspecified atom stereocenters. The fourth-order valence-corrected chi connectivity index (χ4v) is 2.28. The average molecular weight is 280 g/mol. The lowest BCUT2D eigenvalue weighted by atomic mass is 10.1. The molecule has 1 aliphatic heterocycles. The largest absolute Gasteiger partial charge is 0.384 e. The Hall–Kier alpha value is -2.62. The molecule has 4 nitrogen and oxygen atoms in total. The third-order valence-electron chi connectivity index (χ3n) is 3.36. The zero-order valence-corrected chi connectivity index (χ0v) is 11.6. The molecule has 0 aromatic heterocycles. The summed E-state index contributed by atoms with van der Waals surface area (Å²) in [7, 11) is 0. The van der Waals surface area contributed by atoms with Gasteiger partial charge in [-0.1, -0.05) is 65.8 Å². The first-order valence-corrected chi connectivity index (χ1v) is 6.90. The first-order chi connectivity index (χ1) is 10.3. The van der Waals surface area contributed by atoms with E-state index in [-0.39, 0.29) is 12.5 Å². The molecule has 0 fully saturated rings. The van der Waals surface area contributed by atoms with Crippen molar-refractivity contribution in [2.45, 2.75) is 13.0 Å². The number of oxime groups is 1. The summed E-state index contributed by atoms with van der Waals surface area (Å²) in [4.78, 5) is 18.9. The van der Waals surface area contributed by atoms with Crippen LogP contribution in [-0.4, -0.2) is 23.2 Å². The van der Waals surface area contributed by atoms with E-state index in [0.29, 0.717) is 18.8 Å². The summed E-state index contributed by atoms with van der Waals surface area (Å²) in [6.45, 7) is 0.528. The second kappa shape index (κ2) is 6.22. The van der Waals surface area contributed by atoms with E-state index in [2.05, 4.69) is 5.16 Å². The van der Waals surface area contributed by atoms with Gasteiger partial charge in [0, 0.05) is 6.42 Å². The fraction of sp³-hybridized carbons (Fsp3) is 0.176. The predicted molar refractivity (Wildman–Crippen MR) is 80.5 cm³/mol. The molecule has 0 bridgehead atoms. The number of hydrogen-bond donors (Lipinski definition) is 0. The molecule has 0 spiro atoms. The summed E-state index contributed by atoms with van der Waals surface area (Å²) in [5.74, 6) is 0.598. The number of carbonyl (C=O) groups excluding carboxylic acids is 1. The number of rotatable bonds is 4. The fourth-order valence-electron chi connectivity index (χ4n) is 2.28. The van der Waals surface area contributed by atoms with Crippen LogP contribution in [0.4, 0.5) is 0 Å². The molecule has 2 aromatic rings. The minimum atomic E-state index is -0.0558. The van der Waals surface area contributed by atoms with Gasteiger partial charge in [0.05, 0.1) is 6.54 Å². The molecule has 0 atom stereocenters. The van der Waals surface area contributed by atoms with Crippen molar-refractivity contribution in [3.05, 3.63) is 71.8 Å². The molecule has 1 heterocycles. The quantitative estimate of drug-likeness (QED) is 0.864. The van der Waals surface area contributed by atoms with Gasteiger partial charge in [-0.15, -0.1) is 0 Å². The predicted octanol–water partition coefficient (Wildman–Crippen LogP) is 2.60. The zero-order valence-electron chi connectivity index (χ0n) is 11.6. The Bertz CT molecular complexity index is 638. The van der Waals surface area contributed by atoms with E-state index in [0.717, 1.165) is 11.1 Å². The summed E-state index contributed by atoms with van der Waals surface area (Å²) >= 11 is 0. The molecular formula is C17H16N2O2. The highest BCUT2D eigenvalue weighted by atomic mass is 16.6. The number of amidine groups is 1. The zero-order chi connectivity index (χ0) is 14.5. The Morgan fingerprint density at radius 1 is 0.952 bits per heavy atom. The minimum Gasteiger partial charge on any atom is -0.384 e. The lowest BCUT2D eigenvalue weighted by molar-refractivity contribution is -0.135. The van der Waals surface area contributed by atoms with E-state index in [9.17, 15) is 4.79 Å². The molecule has 0 saturated heterocycles. The van der Waals surface area contributed by atoms with Gasteiger partial charge in [-0.2, -0.15) is 0 Å². The van der Waals surface area contributed by atoms with E-state index in [1.165, 1.54) is 0 Å². The van der Waals surface area contributed by atoms with Crippen molar-refractivity contribution < 1.29 is 9.63 Å². The van der Waals surface area contributed by atoms with Crippen LogP contribution in [0, 0.1) is 0 Å². The van der Waals surface area contributed by atoms with Gasteiger partial charge >= 0.3 is 0 Å². The highest BCUT2D eigenvalue weighted by Crippen LogP contribution is 2.13. The van der Waals surface area contributed by atoms with Gasteiger partial charge in [0.25, 0.3) is 5.91 Å². The van der Waals surface area contributed by atoms with Crippen LogP contribution in [0.3, 0.4) is 0 Å². The number of nitrogens with zero attached hydrogens (tertiary/aromatic N) is 2. The summed E-state index contributed by atoms with van der Waals surface area (Å²) < 4.78 is 0. The molecule has 21 heavy (non-hydrogen) atoms. The van der Waals surface area contributed by atoms with Crippen molar-refractivity contribution >= 4 is 11.7 Å². The Labute approximate surface area is 123 Å². The topological polar surface area (TPSA) is 41.9 Å². The Morgan fingerprint density at radius 3 is 2.24 bits per heavy atom. The number of amides is 1. The van der Waals surface area contributed by atoms with Crippen LogP contribution in [0.2, 0.25) is 0 Å². The Morgan fingerprint density at radius 2 is 1.57 bits per heavy atom. The molecule has 0 N–H and O–H groups in total. The van der Waals surface area contributed by atoms with E-state index < -0.39 is 0 Å². The third-order valence-corrected chi connectivity index (χ3v) is 3.36. The Balaban J connectivity index is 1.80. The summed E-state index contributed by atoms with van der Waals surface area (Å²) in [5, 5.41) is 4.07. The lowest BCUT2D eigenvalue weighted by Crippen LogP contribution is -2.42. The average Bonchev–Trinajstić information content (AvgIpc) is 2.53. The van der Waals surface area contributed by atoms with Crippen molar-refractivity contribution in [1.29, 1.82) is 0 Å². The van der Waals surface area contributed by atoms with Gasteiger partial charge < -0.3 is 4.84 Å². The van der Waals surface area contributed by atoms with Crippen LogP contribution in [0.5, 0.6) is 0 Å². The third kappa shape index (κ3) is 3.28. The van der Waals surface area contributed by atoms with Gasteiger partial charge in [-0.25, -0.2) is 0 Å². The van der Waals surface area contributed by atoms with Crippen molar-refractivity contribution in [2.24, 2.45) is 5.16 Å². The van der Waals surface area contributed by atoms with Crippen LogP contribution < -0.4 is 0 Å². The van der Waals surface area contributed by atoms with Crippen molar-refractivity contribution in [1.82, 2.24) is 4.90 Å². The number of hydrogen-bond acceptors (Lipinski definition) is 3. The molecule has 1 aliphatic rings.